The van der Waals surface area contributed by atoms with Gasteiger partial charge in [-0.05, 0) is 61.7 Å². The third kappa shape index (κ3) is 5.17. The van der Waals surface area contributed by atoms with Crippen LogP contribution in [-0.4, -0.2) is 37.0 Å². The van der Waals surface area contributed by atoms with Crippen molar-refractivity contribution in [1.82, 2.24) is 4.90 Å². The number of amides is 1. The Morgan fingerprint density at radius 1 is 1.03 bits per heavy atom. The van der Waals surface area contributed by atoms with E-state index in [4.69, 9.17) is 4.74 Å². The van der Waals surface area contributed by atoms with Crippen molar-refractivity contribution in [2.24, 2.45) is 0 Å². The monoisotopic (exact) mass is 432 g/mol. The van der Waals surface area contributed by atoms with Crippen molar-refractivity contribution in [2.75, 3.05) is 25.1 Å². The summed E-state index contributed by atoms with van der Waals surface area (Å²) in [5, 5.41) is 0. The van der Waals surface area contributed by atoms with Gasteiger partial charge in [0.25, 0.3) is 5.91 Å². The average Bonchev–Trinajstić information content (AvgIpc) is 2.81. The molecule has 1 amide bonds. The van der Waals surface area contributed by atoms with Gasteiger partial charge < -0.3 is 9.64 Å². The van der Waals surface area contributed by atoms with E-state index in [0.29, 0.717) is 11.3 Å². The standard InChI is InChI=1S/C27H29FN2O2/c1-20-5-3-6-21(17-20)19-29-15-13-24(14-16-29)30(25-7-4-8-26(18-25)32-2)27(31)22-9-11-23(28)12-10-22/h3-12,17-18,24H,13-16,19H2,1-2H3. The number of ether oxygens (including phenoxy) is 1. The molecule has 5 heteroatoms. The predicted octanol–water partition coefficient (Wildman–Crippen LogP) is 5.45. The van der Waals surface area contributed by atoms with Gasteiger partial charge in [-0.2, -0.15) is 0 Å². The van der Waals surface area contributed by atoms with E-state index in [0.717, 1.165) is 38.2 Å². The first kappa shape index (κ1) is 22.0. The van der Waals surface area contributed by atoms with Crippen LogP contribution in [0.3, 0.4) is 0 Å². The molecule has 0 bridgehead atoms. The van der Waals surface area contributed by atoms with Crippen LogP contribution in [0, 0.1) is 12.7 Å². The van der Waals surface area contributed by atoms with Gasteiger partial charge in [0.15, 0.2) is 0 Å². The van der Waals surface area contributed by atoms with Crippen LogP contribution in [-0.2, 0) is 6.54 Å². The summed E-state index contributed by atoms with van der Waals surface area (Å²) in [5.74, 6) is 0.241. The molecule has 1 saturated heterocycles. The van der Waals surface area contributed by atoms with Gasteiger partial charge in [-0.1, -0.05) is 35.9 Å². The molecule has 166 valence electrons. The third-order valence-electron chi connectivity index (χ3n) is 6.05. The Morgan fingerprint density at radius 3 is 2.44 bits per heavy atom. The SMILES string of the molecule is COc1cccc(N(C(=O)c2ccc(F)cc2)C2CCN(Cc3cccc(C)c3)CC2)c1. The molecule has 0 radical (unpaired) electrons. The molecule has 3 aromatic rings. The lowest BCUT2D eigenvalue weighted by atomic mass is 10.00. The molecule has 32 heavy (non-hydrogen) atoms. The molecule has 4 rings (SSSR count). The van der Waals surface area contributed by atoms with Crippen LogP contribution in [0.4, 0.5) is 10.1 Å². The van der Waals surface area contributed by atoms with Crippen molar-refractivity contribution in [3.8, 4) is 5.75 Å². The van der Waals surface area contributed by atoms with Crippen molar-refractivity contribution < 1.29 is 13.9 Å². The van der Waals surface area contributed by atoms with E-state index in [1.807, 2.05) is 29.2 Å². The first-order valence-corrected chi connectivity index (χ1v) is 11.0. The van der Waals surface area contributed by atoms with Gasteiger partial charge in [-0.3, -0.25) is 9.69 Å². The van der Waals surface area contributed by atoms with Crippen molar-refractivity contribution in [1.29, 1.82) is 0 Å². The molecular formula is C27H29FN2O2. The van der Waals surface area contributed by atoms with E-state index >= 15 is 0 Å². The van der Waals surface area contributed by atoms with Gasteiger partial charge >= 0.3 is 0 Å². The third-order valence-corrected chi connectivity index (χ3v) is 6.05. The summed E-state index contributed by atoms with van der Waals surface area (Å²) in [7, 11) is 1.62. The predicted molar refractivity (Wildman–Crippen MR) is 126 cm³/mol. The number of carbonyl (C=O) groups excluding carboxylic acids is 1. The van der Waals surface area contributed by atoms with Crippen molar-refractivity contribution in [2.45, 2.75) is 32.4 Å². The number of hydrogen-bond acceptors (Lipinski definition) is 3. The first-order chi connectivity index (χ1) is 15.5. The summed E-state index contributed by atoms with van der Waals surface area (Å²) in [6.45, 7) is 4.85. The second-order valence-corrected chi connectivity index (χ2v) is 8.38. The number of nitrogens with zero attached hydrogens (tertiary/aromatic N) is 2. The summed E-state index contributed by atoms with van der Waals surface area (Å²) in [5.41, 5.74) is 3.87. The maximum atomic E-state index is 13.5. The highest BCUT2D eigenvalue weighted by atomic mass is 19.1. The fourth-order valence-electron chi connectivity index (χ4n) is 4.39. The van der Waals surface area contributed by atoms with E-state index < -0.39 is 0 Å². The molecule has 0 atom stereocenters. The summed E-state index contributed by atoms with van der Waals surface area (Å²) < 4.78 is 18.8. The molecule has 1 aliphatic heterocycles. The summed E-state index contributed by atoms with van der Waals surface area (Å²) in [4.78, 5) is 17.8. The molecule has 0 aliphatic carbocycles. The average molecular weight is 433 g/mol. The second-order valence-electron chi connectivity index (χ2n) is 8.38. The fourth-order valence-corrected chi connectivity index (χ4v) is 4.39. The largest absolute Gasteiger partial charge is 0.497 e. The molecule has 4 nitrogen and oxygen atoms in total. The molecule has 1 aliphatic rings. The second kappa shape index (κ2) is 9.96. The Balaban J connectivity index is 1.53. The summed E-state index contributed by atoms with van der Waals surface area (Å²) in [6, 6.07) is 22.0. The van der Waals surface area contributed by atoms with E-state index in [9.17, 15) is 9.18 Å². The lowest BCUT2D eigenvalue weighted by Gasteiger charge is -2.39. The zero-order valence-corrected chi connectivity index (χ0v) is 18.6. The smallest absolute Gasteiger partial charge is 0.258 e. The molecule has 1 heterocycles. The van der Waals surface area contributed by atoms with Crippen molar-refractivity contribution in [3.05, 3.63) is 95.3 Å². The molecule has 0 aromatic heterocycles. The van der Waals surface area contributed by atoms with Crippen molar-refractivity contribution in [3.63, 3.8) is 0 Å². The van der Waals surface area contributed by atoms with E-state index in [1.165, 1.54) is 23.3 Å². The van der Waals surface area contributed by atoms with Gasteiger partial charge in [0.05, 0.1) is 7.11 Å². The Morgan fingerprint density at radius 2 is 1.75 bits per heavy atom. The molecule has 0 N–H and O–H groups in total. The fraction of sp³-hybridized carbons (Fsp3) is 0.296. The molecule has 0 spiro atoms. The van der Waals surface area contributed by atoms with Crippen LogP contribution < -0.4 is 9.64 Å². The summed E-state index contributed by atoms with van der Waals surface area (Å²) >= 11 is 0. The van der Waals surface area contributed by atoms with Crippen LogP contribution >= 0.6 is 0 Å². The highest BCUT2D eigenvalue weighted by Crippen LogP contribution is 2.29. The van der Waals surface area contributed by atoms with Gasteiger partial charge in [0, 0.05) is 43.0 Å². The van der Waals surface area contributed by atoms with Gasteiger partial charge in [-0.15, -0.1) is 0 Å². The Hall–Kier alpha value is -3.18. The lowest BCUT2D eigenvalue weighted by molar-refractivity contribution is 0.0958. The molecule has 0 unspecified atom stereocenters. The van der Waals surface area contributed by atoms with Gasteiger partial charge in [-0.25, -0.2) is 4.39 Å². The Labute approximate surface area is 189 Å². The Kier molecular flexibility index (Phi) is 6.86. The number of benzene rings is 3. The van der Waals surface area contributed by atoms with Gasteiger partial charge in [0.1, 0.15) is 11.6 Å². The lowest BCUT2D eigenvalue weighted by Crippen LogP contribution is -2.47. The minimum atomic E-state index is -0.348. The quantitative estimate of drug-likeness (QED) is 0.519. The van der Waals surface area contributed by atoms with Crippen LogP contribution in [0.1, 0.15) is 34.3 Å². The number of methoxy groups -OCH3 is 1. The normalized spacial score (nSPS) is 14.8. The minimum absolute atomic E-state index is 0.0634. The number of rotatable bonds is 6. The number of carbonyl (C=O) groups is 1. The molecule has 3 aromatic carbocycles. The zero-order chi connectivity index (χ0) is 22.5. The first-order valence-electron chi connectivity index (χ1n) is 11.0. The number of piperidine rings is 1. The van der Waals surface area contributed by atoms with Crippen LogP contribution in [0.25, 0.3) is 0 Å². The highest BCUT2D eigenvalue weighted by Gasteiger charge is 2.30. The maximum absolute atomic E-state index is 13.5. The van der Waals surface area contributed by atoms with Crippen LogP contribution in [0.5, 0.6) is 5.75 Å². The summed E-state index contributed by atoms with van der Waals surface area (Å²) in [6.07, 6.45) is 1.74. The highest BCUT2D eigenvalue weighted by molar-refractivity contribution is 6.06. The molecule has 0 saturated carbocycles. The van der Waals surface area contributed by atoms with E-state index in [2.05, 4.69) is 36.1 Å². The van der Waals surface area contributed by atoms with Crippen molar-refractivity contribution >= 4 is 11.6 Å². The topological polar surface area (TPSA) is 32.8 Å². The number of likely N-dealkylation sites (tertiary alicyclic amines) is 1. The van der Waals surface area contributed by atoms with Gasteiger partial charge in [0.2, 0.25) is 0 Å². The number of anilines is 1. The van der Waals surface area contributed by atoms with Crippen LogP contribution in [0.2, 0.25) is 0 Å². The number of aryl methyl sites for hydroxylation is 1. The molecular weight excluding hydrogens is 403 g/mol. The minimum Gasteiger partial charge on any atom is -0.497 e. The maximum Gasteiger partial charge on any atom is 0.258 e. The zero-order valence-electron chi connectivity index (χ0n) is 18.6. The number of halogens is 1. The van der Waals surface area contributed by atoms with E-state index in [1.54, 1.807) is 19.2 Å². The molecule has 1 fully saturated rings. The van der Waals surface area contributed by atoms with Crippen LogP contribution in [0.15, 0.2) is 72.8 Å². The number of hydrogen-bond donors (Lipinski definition) is 0. The Bertz CT molecular complexity index is 1060. The van der Waals surface area contributed by atoms with E-state index in [-0.39, 0.29) is 17.8 Å².